The van der Waals surface area contributed by atoms with Crippen LogP contribution in [0.3, 0.4) is 0 Å². The van der Waals surface area contributed by atoms with Crippen LogP contribution in [0.2, 0.25) is 0 Å². The lowest BCUT2D eigenvalue weighted by Crippen LogP contribution is -2.03. The SMILES string of the molecule is C/C=C/c1nc(CC)nc(/C(C)=C/C)n1. The van der Waals surface area contributed by atoms with Crippen LogP contribution in [0, 0.1) is 0 Å². The lowest BCUT2D eigenvalue weighted by atomic mass is 10.2. The van der Waals surface area contributed by atoms with Crippen LogP contribution in [0.15, 0.2) is 12.2 Å². The number of hydrogen-bond donors (Lipinski definition) is 0. The molecular formula is C12H17N3. The molecule has 0 unspecified atom stereocenters. The maximum atomic E-state index is 4.38. The Kier molecular flexibility index (Phi) is 4.16. The van der Waals surface area contributed by atoms with Gasteiger partial charge >= 0.3 is 0 Å². The van der Waals surface area contributed by atoms with E-state index in [0.29, 0.717) is 0 Å². The van der Waals surface area contributed by atoms with Crippen LogP contribution in [0.5, 0.6) is 0 Å². The molecule has 0 fully saturated rings. The molecule has 1 aromatic rings. The van der Waals surface area contributed by atoms with Gasteiger partial charge in [0.15, 0.2) is 11.6 Å². The van der Waals surface area contributed by atoms with E-state index < -0.39 is 0 Å². The summed E-state index contributed by atoms with van der Waals surface area (Å²) in [5, 5.41) is 0. The summed E-state index contributed by atoms with van der Waals surface area (Å²) in [7, 11) is 0. The Morgan fingerprint density at radius 1 is 1.20 bits per heavy atom. The summed E-state index contributed by atoms with van der Waals surface area (Å²) in [6, 6.07) is 0. The van der Waals surface area contributed by atoms with Crippen molar-refractivity contribution in [3.05, 3.63) is 29.6 Å². The van der Waals surface area contributed by atoms with Gasteiger partial charge in [-0.15, -0.1) is 0 Å². The smallest absolute Gasteiger partial charge is 0.159 e. The first-order chi connectivity index (χ1) is 7.21. The first kappa shape index (κ1) is 11.6. The third kappa shape index (κ3) is 2.98. The predicted octanol–water partition coefficient (Wildman–Crippen LogP) is 2.89. The van der Waals surface area contributed by atoms with Crippen LogP contribution in [-0.4, -0.2) is 15.0 Å². The van der Waals surface area contributed by atoms with Gasteiger partial charge in [-0.2, -0.15) is 0 Å². The summed E-state index contributed by atoms with van der Waals surface area (Å²) < 4.78 is 0. The van der Waals surface area contributed by atoms with Crippen molar-refractivity contribution in [3.63, 3.8) is 0 Å². The summed E-state index contributed by atoms with van der Waals surface area (Å²) >= 11 is 0. The van der Waals surface area contributed by atoms with Crippen LogP contribution >= 0.6 is 0 Å². The van der Waals surface area contributed by atoms with Gasteiger partial charge in [-0.25, -0.2) is 15.0 Å². The van der Waals surface area contributed by atoms with Crippen molar-refractivity contribution >= 4 is 11.6 Å². The Bertz CT molecular complexity index is 392. The second kappa shape index (κ2) is 5.39. The molecule has 0 amide bonds. The zero-order valence-corrected chi connectivity index (χ0v) is 9.78. The average Bonchev–Trinajstić information content (AvgIpc) is 2.28. The first-order valence-corrected chi connectivity index (χ1v) is 5.22. The number of rotatable bonds is 3. The molecule has 1 heterocycles. The molecule has 0 radical (unpaired) electrons. The highest BCUT2D eigenvalue weighted by atomic mass is 15.0. The Morgan fingerprint density at radius 3 is 2.47 bits per heavy atom. The fourth-order valence-electron chi connectivity index (χ4n) is 1.13. The number of nitrogens with zero attached hydrogens (tertiary/aromatic N) is 3. The van der Waals surface area contributed by atoms with Crippen LogP contribution < -0.4 is 0 Å². The molecule has 3 nitrogen and oxygen atoms in total. The Morgan fingerprint density at radius 2 is 1.93 bits per heavy atom. The lowest BCUT2D eigenvalue weighted by molar-refractivity contribution is 0.872. The maximum Gasteiger partial charge on any atom is 0.159 e. The van der Waals surface area contributed by atoms with E-state index in [1.165, 1.54) is 0 Å². The first-order valence-electron chi connectivity index (χ1n) is 5.22. The zero-order chi connectivity index (χ0) is 11.3. The third-order valence-electron chi connectivity index (χ3n) is 2.12. The fraction of sp³-hybridized carbons (Fsp3) is 0.417. The number of aryl methyl sites for hydroxylation is 1. The molecule has 1 rings (SSSR count). The fourth-order valence-corrected chi connectivity index (χ4v) is 1.13. The second-order valence-electron chi connectivity index (χ2n) is 3.26. The van der Waals surface area contributed by atoms with Crippen molar-refractivity contribution in [1.29, 1.82) is 0 Å². The van der Waals surface area contributed by atoms with E-state index in [0.717, 1.165) is 29.5 Å². The average molecular weight is 203 g/mol. The molecule has 3 heteroatoms. The molecule has 1 aromatic heterocycles. The normalized spacial score (nSPS) is 12.4. The van der Waals surface area contributed by atoms with Gasteiger partial charge < -0.3 is 0 Å². The minimum absolute atomic E-state index is 0.737. The summed E-state index contributed by atoms with van der Waals surface area (Å²) in [4.78, 5) is 13.1. The predicted molar refractivity (Wildman–Crippen MR) is 63.2 cm³/mol. The summed E-state index contributed by atoms with van der Waals surface area (Å²) in [5.74, 6) is 2.35. The number of allylic oxidation sites excluding steroid dienone is 3. The van der Waals surface area contributed by atoms with Crippen LogP contribution in [0.4, 0.5) is 0 Å². The van der Waals surface area contributed by atoms with Gasteiger partial charge in [0.25, 0.3) is 0 Å². The molecule has 0 bridgehead atoms. The van der Waals surface area contributed by atoms with Crippen LogP contribution in [0.25, 0.3) is 11.6 Å². The highest BCUT2D eigenvalue weighted by Gasteiger charge is 2.04. The molecule has 0 saturated carbocycles. The Labute approximate surface area is 91.0 Å². The standard InChI is InChI=1S/C12H17N3/c1-5-8-11-13-10(7-3)14-12(15-11)9(4)6-2/h5-6,8H,7H2,1-4H3/b8-5+,9-6+. The molecule has 0 atom stereocenters. The van der Waals surface area contributed by atoms with E-state index in [4.69, 9.17) is 0 Å². The topological polar surface area (TPSA) is 38.7 Å². The van der Waals surface area contributed by atoms with Crippen molar-refractivity contribution in [2.24, 2.45) is 0 Å². The van der Waals surface area contributed by atoms with E-state index in [-0.39, 0.29) is 0 Å². The minimum atomic E-state index is 0.737. The van der Waals surface area contributed by atoms with Crippen molar-refractivity contribution in [2.75, 3.05) is 0 Å². The second-order valence-corrected chi connectivity index (χ2v) is 3.26. The molecular weight excluding hydrogens is 186 g/mol. The highest BCUT2D eigenvalue weighted by molar-refractivity contribution is 5.57. The van der Waals surface area contributed by atoms with Gasteiger partial charge in [0.2, 0.25) is 0 Å². The van der Waals surface area contributed by atoms with E-state index in [1.807, 2.05) is 45.9 Å². The quantitative estimate of drug-likeness (QED) is 0.758. The van der Waals surface area contributed by atoms with Gasteiger partial charge in [-0.1, -0.05) is 19.1 Å². The summed E-state index contributed by atoms with van der Waals surface area (Å²) in [5.41, 5.74) is 1.08. The van der Waals surface area contributed by atoms with Gasteiger partial charge in [0.1, 0.15) is 5.82 Å². The van der Waals surface area contributed by atoms with Crippen molar-refractivity contribution < 1.29 is 0 Å². The lowest BCUT2D eigenvalue weighted by Gasteiger charge is -2.03. The van der Waals surface area contributed by atoms with Crippen molar-refractivity contribution in [2.45, 2.75) is 34.1 Å². The molecule has 80 valence electrons. The summed E-state index contributed by atoms with van der Waals surface area (Å²) in [6.07, 6.45) is 6.67. The van der Waals surface area contributed by atoms with Gasteiger partial charge in [-0.3, -0.25) is 0 Å². The summed E-state index contributed by atoms with van der Waals surface area (Å²) in [6.45, 7) is 8.00. The van der Waals surface area contributed by atoms with E-state index >= 15 is 0 Å². The molecule has 0 aliphatic rings. The monoisotopic (exact) mass is 203 g/mol. The maximum absolute atomic E-state index is 4.38. The highest BCUT2D eigenvalue weighted by Crippen LogP contribution is 2.09. The largest absolute Gasteiger partial charge is 0.214 e. The number of aromatic nitrogens is 3. The van der Waals surface area contributed by atoms with Gasteiger partial charge in [-0.05, 0) is 32.4 Å². The van der Waals surface area contributed by atoms with Crippen LogP contribution in [-0.2, 0) is 6.42 Å². The van der Waals surface area contributed by atoms with Crippen molar-refractivity contribution in [3.8, 4) is 0 Å². The van der Waals surface area contributed by atoms with Gasteiger partial charge in [0.05, 0.1) is 0 Å². The molecule has 0 saturated heterocycles. The molecule has 0 aliphatic heterocycles. The molecule has 0 N–H and O–H groups in total. The third-order valence-corrected chi connectivity index (χ3v) is 2.12. The van der Waals surface area contributed by atoms with Gasteiger partial charge in [0, 0.05) is 6.42 Å². The molecule has 0 aromatic carbocycles. The van der Waals surface area contributed by atoms with E-state index in [9.17, 15) is 0 Å². The Balaban J connectivity index is 3.22. The molecule has 0 aliphatic carbocycles. The zero-order valence-electron chi connectivity index (χ0n) is 9.78. The van der Waals surface area contributed by atoms with Crippen LogP contribution in [0.1, 0.15) is 45.2 Å². The van der Waals surface area contributed by atoms with E-state index in [1.54, 1.807) is 0 Å². The number of hydrogen-bond acceptors (Lipinski definition) is 3. The Hall–Kier alpha value is -1.51. The minimum Gasteiger partial charge on any atom is -0.214 e. The van der Waals surface area contributed by atoms with E-state index in [2.05, 4.69) is 15.0 Å². The molecule has 15 heavy (non-hydrogen) atoms. The van der Waals surface area contributed by atoms with Crippen molar-refractivity contribution in [1.82, 2.24) is 15.0 Å². The molecule has 0 spiro atoms.